The van der Waals surface area contributed by atoms with Crippen molar-refractivity contribution in [3.05, 3.63) is 0 Å². The monoisotopic (exact) mass is 144 g/mol. The van der Waals surface area contributed by atoms with Gasteiger partial charge in [0.2, 0.25) is 0 Å². The molecule has 0 spiro atoms. The number of rotatable bonds is 2. The Kier molecular flexibility index (Phi) is 2.90. The summed E-state index contributed by atoms with van der Waals surface area (Å²) in [5.74, 6) is 0. The van der Waals surface area contributed by atoms with Crippen molar-refractivity contribution < 1.29 is 5.11 Å². The average Bonchev–Trinajstić information content (AvgIpc) is 1.61. The molecule has 0 aromatic carbocycles. The zero-order valence-electron chi connectivity index (χ0n) is 7.86. The molecule has 0 aliphatic heterocycles. The van der Waals surface area contributed by atoms with E-state index >= 15 is 0 Å². The summed E-state index contributed by atoms with van der Waals surface area (Å²) >= 11 is 0. The zero-order chi connectivity index (χ0) is 8.41. The van der Waals surface area contributed by atoms with E-state index in [0.29, 0.717) is 0 Å². The highest BCUT2D eigenvalue weighted by atomic mass is 16.3. The lowest BCUT2D eigenvalue weighted by molar-refractivity contribution is -0.0483. The van der Waals surface area contributed by atoms with Gasteiger partial charge in [0.05, 0.1) is 5.60 Å². The van der Waals surface area contributed by atoms with E-state index in [4.69, 9.17) is 0 Å². The van der Waals surface area contributed by atoms with Crippen molar-refractivity contribution in [2.24, 2.45) is 5.41 Å². The number of aliphatic hydroxyl groups is 1. The molecular weight excluding hydrogens is 124 g/mol. The molecule has 0 unspecified atom stereocenters. The van der Waals surface area contributed by atoms with Crippen LogP contribution in [0.25, 0.3) is 0 Å². The fourth-order valence-corrected chi connectivity index (χ4v) is 0.862. The highest BCUT2D eigenvalue weighted by Crippen LogP contribution is 2.33. The molecule has 0 heterocycles. The molecule has 62 valence electrons. The normalized spacial score (nSPS) is 18.6. The first kappa shape index (κ1) is 9.96. The molecule has 0 aliphatic rings. The van der Waals surface area contributed by atoms with E-state index in [1.165, 1.54) is 0 Å². The van der Waals surface area contributed by atoms with Gasteiger partial charge in [-0.3, -0.25) is 0 Å². The van der Waals surface area contributed by atoms with Gasteiger partial charge in [-0.15, -0.1) is 0 Å². The number of hydrogen-bond acceptors (Lipinski definition) is 1. The molecule has 0 amide bonds. The molecule has 0 bridgehead atoms. The molecule has 0 fully saturated rings. The van der Waals surface area contributed by atoms with E-state index in [1.807, 2.05) is 6.92 Å². The lowest BCUT2D eigenvalue weighted by Crippen LogP contribution is -2.39. The van der Waals surface area contributed by atoms with E-state index in [0.717, 1.165) is 12.8 Å². The van der Waals surface area contributed by atoms with Crippen molar-refractivity contribution in [3.63, 3.8) is 0 Å². The molecule has 1 heteroatoms. The summed E-state index contributed by atoms with van der Waals surface area (Å²) in [4.78, 5) is 0. The summed E-state index contributed by atoms with van der Waals surface area (Å²) in [5, 5.41) is 9.85. The number of hydrogen-bond donors (Lipinski definition) is 1. The minimum atomic E-state index is -0.512. The summed E-state index contributed by atoms with van der Waals surface area (Å²) in [6.07, 6.45) is 1.93. The summed E-state index contributed by atoms with van der Waals surface area (Å²) in [6, 6.07) is 0. The van der Waals surface area contributed by atoms with Crippen LogP contribution in [0, 0.1) is 5.41 Å². The van der Waals surface area contributed by atoms with Crippen molar-refractivity contribution in [3.8, 4) is 0 Å². The Balaban J connectivity index is 4.10. The highest BCUT2D eigenvalue weighted by Gasteiger charge is 2.33. The quantitative estimate of drug-likeness (QED) is 0.631. The molecular formula is C9H20O. The molecule has 0 aromatic rings. The maximum absolute atomic E-state index is 9.85. The topological polar surface area (TPSA) is 20.2 Å². The Morgan fingerprint density at radius 2 is 1.50 bits per heavy atom. The SMILES string of the molecule is CCC[C@](C)(O)C(C)(C)C. The van der Waals surface area contributed by atoms with E-state index < -0.39 is 5.60 Å². The van der Waals surface area contributed by atoms with Crippen LogP contribution < -0.4 is 0 Å². The first-order valence-corrected chi connectivity index (χ1v) is 4.03. The molecule has 1 N–H and O–H groups in total. The predicted molar refractivity (Wildman–Crippen MR) is 45.0 cm³/mol. The average molecular weight is 144 g/mol. The Hall–Kier alpha value is -0.0400. The van der Waals surface area contributed by atoms with Gasteiger partial charge < -0.3 is 5.11 Å². The van der Waals surface area contributed by atoms with Crippen LogP contribution in [0.3, 0.4) is 0 Å². The van der Waals surface area contributed by atoms with Gasteiger partial charge in [0.1, 0.15) is 0 Å². The summed E-state index contributed by atoms with van der Waals surface area (Å²) in [6.45, 7) is 10.2. The standard InChI is InChI=1S/C9H20O/c1-6-7-9(5,10)8(2,3)4/h10H,6-7H2,1-5H3/t9-/m0/s1. The minimum absolute atomic E-state index is 0.00299. The smallest absolute Gasteiger partial charge is 0.0667 e. The van der Waals surface area contributed by atoms with Crippen LogP contribution in [0.1, 0.15) is 47.5 Å². The largest absolute Gasteiger partial charge is 0.390 e. The first-order chi connectivity index (χ1) is 4.31. The van der Waals surface area contributed by atoms with Gasteiger partial charge in [0.25, 0.3) is 0 Å². The second-order valence-corrected chi connectivity index (χ2v) is 4.27. The molecule has 0 aromatic heterocycles. The first-order valence-electron chi connectivity index (χ1n) is 4.03. The second kappa shape index (κ2) is 2.91. The lowest BCUT2D eigenvalue weighted by atomic mass is 9.75. The second-order valence-electron chi connectivity index (χ2n) is 4.27. The molecule has 0 saturated carbocycles. The fourth-order valence-electron chi connectivity index (χ4n) is 0.862. The van der Waals surface area contributed by atoms with E-state index in [1.54, 1.807) is 0 Å². The molecule has 0 aliphatic carbocycles. The third-order valence-corrected chi connectivity index (χ3v) is 2.35. The summed E-state index contributed by atoms with van der Waals surface area (Å²) in [7, 11) is 0. The molecule has 0 radical (unpaired) electrons. The van der Waals surface area contributed by atoms with E-state index in [-0.39, 0.29) is 5.41 Å². The van der Waals surface area contributed by atoms with Crippen molar-refractivity contribution in [1.29, 1.82) is 0 Å². The van der Waals surface area contributed by atoms with Crippen LogP contribution in [0.4, 0.5) is 0 Å². The third-order valence-electron chi connectivity index (χ3n) is 2.35. The van der Waals surface area contributed by atoms with Gasteiger partial charge in [-0.25, -0.2) is 0 Å². The maximum atomic E-state index is 9.85. The lowest BCUT2D eigenvalue weighted by Gasteiger charge is -2.37. The van der Waals surface area contributed by atoms with E-state index in [2.05, 4.69) is 27.7 Å². The van der Waals surface area contributed by atoms with Crippen LogP contribution in [0.2, 0.25) is 0 Å². The minimum Gasteiger partial charge on any atom is -0.390 e. The van der Waals surface area contributed by atoms with Gasteiger partial charge >= 0.3 is 0 Å². The van der Waals surface area contributed by atoms with E-state index in [9.17, 15) is 5.11 Å². The Bertz CT molecular complexity index is 97.8. The Morgan fingerprint density at radius 1 is 1.10 bits per heavy atom. The summed E-state index contributed by atoms with van der Waals surface area (Å²) < 4.78 is 0. The third kappa shape index (κ3) is 2.30. The van der Waals surface area contributed by atoms with Crippen molar-refractivity contribution in [2.75, 3.05) is 0 Å². The Labute approximate surface area is 64.5 Å². The molecule has 1 atom stereocenters. The maximum Gasteiger partial charge on any atom is 0.0667 e. The Morgan fingerprint density at radius 3 is 1.60 bits per heavy atom. The van der Waals surface area contributed by atoms with Gasteiger partial charge in [-0.2, -0.15) is 0 Å². The molecule has 0 saturated heterocycles. The van der Waals surface area contributed by atoms with Gasteiger partial charge in [0.15, 0.2) is 0 Å². The fraction of sp³-hybridized carbons (Fsp3) is 1.00. The highest BCUT2D eigenvalue weighted by molar-refractivity contribution is 4.85. The molecule has 0 rings (SSSR count). The van der Waals surface area contributed by atoms with Crippen molar-refractivity contribution in [2.45, 2.75) is 53.1 Å². The van der Waals surface area contributed by atoms with Crippen LogP contribution in [0.5, 0.6) is 0 Å². The zero-order valence-corrected chi connectivity index (χ0v) is 7.86. The van der Waals surface area contributed by atoms with Crippen LogP contribution in [-0.4, -0.2) is 10.7 Å². The van der Waals surface area contributed by atoms with Crippen molar-refractivity contribution >= 4 is 0 Å². The molecule has 1 nitrogen and oxygen atoms in total. The predicted octanol–water partition coefficient (Wildman–Crippen LogP) is 2.58. The van der Waals surface area contributed by atoms with Crippen LogP contribution >= 0.6 is 0 Å². The summed E-state index contributed by atoms with van der Waals surface area (Å²) in [5.41, 5.74) is -0.509. The van der Waals surface area contributed by atoms with Gasteiger partial charge in [0, 0.05) is 0 Å². The van der Waals surface area contributed by atoms with Crippen molar-refractivity contribution in [1.82, 2.24) is 0 Å². The van der Waals surface area contributed by atoms with Crippen LogP contribution in [0.15, 0.2) is 0 Å². The van der Waals surface area contributed by atoms with Crippen LogP contribution in [-0.2, 0) is 0 Å². The molecule has 10 heavy (non-hydrogen) atoms. The van der Waals surface area contributed by atoms with Gasteiger partial charge in [-0.05, 0) is 18.8 Å². The van der Waals surface area contributed by atoms with Gasteiger partial charge in [-0.1, -0.05) is 34.1 Å².